The lowest BCUT2D eigenvalue weighted by Gasteiger charge is -2.18. The van der Waals surface area contributed by atoms with Gasteiger partial charge in [-0.05, 0) is 7.05 Å². The first-order chi connectivity index (χ1) is 6.72. The van der Waals surface area contributed by atoms with Crippen molar-refractivity contribution < 1.29 is 4.74 Å². The Morgan fingerprint density at radius 2 is 2.50 bits per heavy atom. The third-order valence-corrected chi connectivity index (χ3v) is 3.08. The predicted octanol–water partition coefficient (Wildman–Crippen LogP) is 1.98. The maximum atomic E-state index is 5.06. The summed E-state index contributed by atoms with van der Waals surface area (Å²) in [6, 6.07) is 0. The van der Waals surface area contributed by atoms with Crippen molar-refractivity contribution in [1.29, 1.82) is 0 Å². The predicted molar refractivity (Wildman–Crippen MR) is 63.0 cm³/mol. The molecule has 0 aliphatic carbocycles. The molecule has 80 valence electrons. The highest BCUT2D eigenvalue weighted by Crippen LogP contribution is 2.10. The van der Waals surface area contributed by atoms with Gasteiger partial charge in [0.2, 0.25) is 0 Å². The molecule has 1 aromatic heterocycles. The van der Waals surface area contributed by atoms with Gasteiger partial charge in [-0.15, -0.1) is 11.3 Å². The van der Waals surface area contributed by atoms with Gasteiger partial charge in [-0.25, -0.2) is 0 Å². The molecule has 0 fully saturated rings. The molecule has 0 saturated heterocycles. The van der Waals surface area contributed by atoms with E-state index < -0.39 is 0 Å². The Labute approximate surface area is 97.2 Å². The molecule has 0 aliphatic heterocycles. The van der Waals surface area contributed by atoms with Crippen LogP contribution in [0.25, 0.3) is 0 Å². The van der Waals surface area contributed by atoms with E-state index in [9.17, 15) is 0 Å². The fraction of sp³-hybridized carbons (Fsp3) is 0.667. The molecule has 3 nitrogen and oxygen atoms in total. The van der Waals surface area contributed by atoms with E-state index in [2.05, 4.69) is 32.9 Å². The molecule has 1 aromatic rings. The van der Waals surface area contributed by atoms with Gasteiger partial charge in [0, 0.05) is 31.3 Å². The maximum Gasteiger partial charge on any atom is 0.0794 e. The molecule has 0 aliphatic rings. The van der Waals surface area contributed by atoms with Gasteiger partial charge < -0.3 is 9.64 Å². The lowest BCUT2D eigenvalue weighted by molar-refractivity contribution is 0.185. The number of hydrogen-bond donors (Lipinski definition) is 0. The molecule has 1 rings (SSSR count). The van der Waals surface area contributed by atoms with Crippen molar-refractivity contribution in [3.63, 3.8) is 0 Å². The molecule has 1 atom stereocenters. The van der Waals surface area contributed by atoms with Crippen LogP contribution in [0.15, 0.2) is 11.7 Å². The molecular weight excluding hydrogens is 264 g/mol. The normalized spacial score (nSPS) is 13.4. The number of methoxy groups -OCH3 is 1. The van der Waals surface area contributed by atoms with E-state index in [-0.39, 0.29) is 0 Å². The Morgan fingerprint density at radius 1 is 1.71 bits per heavy atom. The summed E-state index contributed by atoms with van der Waals surface area (Å²) in [6.45, 7) is 2.68. The fourth-order valence-electron chi connectivity index (χ4n) is 1.22. The van der Waals surface area contributed by atoms with E-state index in [0.717, 1.165) is 19.7 Å². The van der Waals surface area contributed by atoms with E-state index in [1.807, 2.05) is 11.7 Å². The quantitative estimate of drug-likeness (QED) is 0.745. The van der Waals surface area contributed by atoms with Crippen LogP contribution >= 0.6 is 27.3 Å². The zero-order valence-corrected chi connectivity index (χ0v) is 10.8. The highest BCUT2D eigenvalue weighted by molar-refractivity contribution is 9.09. The van der Waals surface area contributed by atoms with Crippen LogP contribution in [0.5, 0.6) is 0 Å². The Balaban J connectivity index is 2.25. The average Bonchev–Trinajstić information content (AvgIpc) is 2.56. The summed E-state index contributed by atoms with van der Waals surface area (Å²) in [5, 5.41) is 0. The average molecular weight is 279 g/mol. The number of halogens is 1. The third kappa shape index (κ3) is 4.50. The summed E-state index contributed by atoms with van der Waals surface area (Å²) in [5.74, 6) is 0. The second kappa shape index (κ2) is 6.50. The number of aromatic nitrogens is 1. The molecule has 0 amide bonds. The molecule has 0 radical (unpaired) electrons. The van der Waals surface area contributed by atoms with Gasteiger partial charge in [-0.3, -0.25) is 4.98 Å². The monoisotopic (exact) mass is 278 g/mol. The lowest BCUT2D eigenvalue weighted by atomic mass is 10.4. The summed E-state index contributed by atoms with van der Waals surface area (Å²) in [5.41, 5.74) is 1.87. The summed E-state index contributed by atoms with van der Waals surface area (Å²) >= 11 is 5.26. The molecular formula is C9H15BrN2OS. The Morgan fingerprint density at radius 3 is 3.07 bits per heavy atom. The van der Waals surface area contributed by atoms with Gasteiger partial charge in [0.25, 0.3) is 0 Å². The molecule has 0 bridgehead atoms. The van der Waals surface area contributed by atoms with Crippen LogP contribution < -0.4 is 0 Å². The molecule has 0 N–H and O–H groups in total. The van der Waals surface area contributed by atoms with Gasteiger partial charge in [-0.1, -0.05) is 15.9 Å². The highest BCUT2D eigenvalue weighted by atomic mass is 79.9. The molecule has 14 heavy (non-hydrogen) atoms. The van der Waals surface area contributed by atoms with E-state index in [1.165, 1.54) is 4.88 Å². The van der Waals surface area contributed by atoms with Crippen LogP contribution in [0.3, 0.4) is 0 Å². The van der Waals surface area contributed by atoms with Crippen molar-refractivity contribution >= 4 is 27.3 Å². The molecule has 0 saturated carbocycles. The van der Waals surface area contributed by atoms with Crippen molar-refractivity contribution in [1.82, 2.24) is 9.88 Å². The first-order valence-electron chi connectivity index (χ1n) is 4.41. The third-order valence-electron chi connectivity index (χ3n) is 1.77. The number of rotatable bonds is 6. The Bertz CT molecular complexity index is 243. The number of alkyl halides is 1. The molecule has 1 unspecified atom stereocenters. The van der Waals surface area contributed by atoms with Crippen molar-refractivity contribution in [3.05, 3.63) is 16.6 Å². The van der Waals surface area contributed by atoms with Crippen molar-refractivity contribution in [2.24, 2.45) is 0 Å². The number of nitrogens with zero attached hydrogens (tertiary/aromatic N) is 2. The summed E-state index contributed by atoms with van der Waals surface area (Å²) < 4.78 is 5.06. The molecule has 5 heteroatoms. The first-order valence-corrected chi connectivity index (χ1v) is 6.21. The summed E-state index contributed by atoms with van der Waals surface area (Å²) in [6.07, 6.45) is 1.92. The topological polar surface area (TPSA) is 25.4 Å². The van der Waals surface area contributed by atoms with Crippen LogP contribution in [0.4, 0.5) is 0 Å². The van der Waals surface area contributed by atoms with E-state index in [1.54, 1.807) is 18.4 Å². The number of ether oxygens (including phenoxy) is 1. The van der Waals surface area contributed by atoms with E-state index in [4.69, 9.17) is 4.74 Å². The van der Waals surface area contributed by atoms with Gasteiger partial charge in [0.1, 0.15) is 0 Å². The minimum absolute atomic E-state index is 0.394. The Kier molecular flexibility index (Phi) is 5.62. The second-order valence-electron chi connectivity index (χ2n) is 3.22. The first kappa shape index (κ1) is 12.1. The highest BCUT2D eigenvalue weighted by Gasteiger charge is 2.08. The minimum atomic E-state index is 0.394. The maximum absolute atomic E-state index is 5.06. The SMILES string of the molecule is COCC(Br)CN(C)Cc1cncs1. The van der Waals surface area contributed by atoms with Gasteiger partial charge in [0.05, 0.1) is 16.9 Å². The van der Waals surface area contributed by atoms with Crippen molar-refractivity contribution in [2.75, 3.05) is 27.3 Å². The van der Waals surface area contributed by atoms with Crippen LogP contribution in [0.2, 0.25) is 0 Å². The largest absolute Gasteiger partial charge is 0.383 e. The summed E-state index contributed by atoms with van der Waals surface area (Å²) in [4.78, 5) is 7.99. The second-order valence-corrected chi connectivity index (χ2v) is 5.48. The summed E-state index contributed by atoms with van der Waals surface area (Å²) in [7, 11) is 3.82. The van der Waals surface area contributed by atoms with Crippen LogP contribution in [0.1, 0.15) is 4.88 Å². The van der Waals surface area contributed by atoms with Crippen LogP contribution in [0, 0.1) is 0 Å². The van der Waals surface area contributed by atoms with Crippen LogP contribution in [-0.4, -0.2) is 42.0 Å². The smallest absolute Gasteiger partial charge is 0.0794 e. The van der Waals surface area contributed by atoms with Gasteiger partial charge in [-0.2, -0.15) is 0 Å². The zero-order valence-electron chi connectivity index (χ0n) is 8.44. The van der Waals surface area contributed by atoms with E-state index >= 15 is 0 Å². The van der Waals surface area contributed by atoms with Gasteiger partial charge >= 0.3 is 0 Å². The van der Waals surface area contributed by atoms with Crippen LogP contribution in [-0.2, 0) is 11.3 Å². The lowest BCUT2D eigenvalue weighted by Crippen LogP contribution is -2.27. The zero-order chi connectivity index (χ0) is 10.4. The fourth-order valence-corrected chi connectivity index (χ4v) is 2.65. The minimum Gasteiger partial charge on any atom is -0.383 e. The van der Waals surface area contributed by atoms with Crippen molar-refractivity contribution in [3.8, 4) is 0 Å². The molecule has 0 spiro atoms. The molecule has 1 heterocycles. The van der Waals surface area contributed by atoms with Crippen molar-refractivity contribution in [2.45, 2.75) is 11.4 Å². The number of hydrogen-bond acceptors (Lipinski definition) is 4. The standard InChI is InChI=1S/C9H15BrN2OS/c1-12(4-8(10)6-13-2)5-9-3-11-7-14-9/h3,7-8H,4-6H2,1-2H3. The van der Waals surface area contributed by atoms with Gasteiger partial charge in [0.15, 0.2) is 0 Å². The Hall–Kier alpha value is 0.0300. The van der Waals surface area contributed by atoms with E-state index in [0.29, 0.717) is 4.83 Å². The number of thiazole rings is 1. The molecule has 0 aromatic carbocycles.